The van der Waals surface area contributed by atoms with Crippen molar-refractivity contribution in [1.29, 1.82) is 0 Å². The predicted molar refractivity (Wildman–Crippen MR) is 59.1 cm³/mol. The molecule has 0 aliphatic rings. The van der Waals surface area contributed by atoms with E-state index >= 15 is 0 Å². The van der Waals surface area contributed by atoms with E-state index in [4.69, 9.17) is 5.73 Å². The highest BCUT2D eigenvalue weighted by atomic mass is 32.1. The van der Waals surface area contributed by atoms with Gasteiger partial charge in [-0.2, -0.15) is 0 Å². The van der Waals surface area contributed by atoms with Gasteiger partial charge >= 0.3 is 0 Å². The van der Waals surface area contributed by atoms with E-state index in [0.29, 0.717) is 6.54 Å². The van der Waals surface area contributed by atoms with Crippen LogP contribution in [-0.2, 0) is 4.79 Å². The Morgan fingerprint density at radius 1 is 1.64 bits per heavy atom. The third-order valence-electron chi connectivity index (χ3n) is 2.19. The zero-order chi connectivity index (χ0) is 10.6. The molecule has 0 saturated heterocycles. The van der Waals surface area contributed by atoms with Gasteiger partial charge in [0.2, 0.25) is 5.91 Å². The van der Waals surface area contributed by atoms with Gasteiger partial charge in [0.15, 0.2) is 0 Å². The van der Waals surface area contributed by atoms with Crippen LogP contribution in [0.2, 0.25) is 0 Å². The molecule has 2 atom stereocenters. The molecule has 0 bridgehead atoms. The molecule has 0 fully saturated rings. The van der Waals surface area contributed by atoms with Crippen LogP contribution in [0.5, 0.6) is 0 Å². The molecule has 1 heterocycles. The van der Waals surface area contributed by atoms with Crippen molar-refractivity contribution < 1.29 is 4.79 Å². The van der Waals surface area contributed by atoms with Crippen LogP contribution in [0.1, 0.15) is 24.8 Å². The molecule has 0 radical (unpaired) electrons. The van der Waals surface area contributed by atoms with Crippen LogP contribution in [0.4, 0.5) is 0 Å². The molecule has 0 spiro atoms. The minimum absolute atomic E-state index is 0.114. The van der Waals surface area contributed by atoms with Gasteiger partial charge < -0.3 is 11.1 Å². The number of carbonyl (C=O) groups is 1. The molecule has 3 nitrogen and oxygen atoms in total. The second kappa shape index (κ2) is 5.12. The highest BCUT2D eigenvalue weighted by molar-refractivity contribution is 7.10. The average Bonchev–Trinajstić information content (AvgIpc) is 2.66. The van der Waals surface area contributed by atoms with Crippen LogP contribution < -0.4 is 11.1 Å². The third kappa shape index (κ3) is 3.12. The van der Waals surface area contributed by atoms with E-state index in [1.54, 1.807) is 11.3 Å². The molecule has 1 amide bonds. The van der Waals surface area contributed by atoms with Crippen LogP contribution in [0.15, 0.2) is 17.5 Å². The number of primary amides is 1. The summed E-state index contributed by atoms with van der Waals surface area (Å²) in [7, 11) is 0. The summed E-state index contributed by atoms with van der Waals surface area (Å²) in [5.41, 5.74) is 5.16. The van der Waals surface area contributed by atoms with E-state index in [1.165, 1.54) is 4.88 Å². The van der Waals surface area contributed by atoms with Gasteiger partial charge in [0.25, 0.3) is 0 Å². The van der Waals surface area contributed by atoms with Crippen molar-refractivity contribution >= 4 is 17.2 Å². The van der Waals surface area contributed by atoms with Crippen molar-refractivity contribution in [2.24, 2.45) is 11.7 Å². The number of carbonyl (C=O) groups excluding carboxylic acids is 1. The van der Waals surface area contributed by atoms with E-state index in [9.17, 15) is 4.79 Å². The Kier molecular flexibility index (Phi) is 4.10. The molecular weight excluding hydrogens is 196 g/mol. The summed E-state index contributed by atoms with van der Waals surface area (Å²) in [6, 6.07) is 4.39. The number of hydrogen-bond acceptors (Lipinski definition) is 3. The zero-order valence-corrected chi connectivity index (χ0v) is 9.30. The van der Waals surface area contributed by atoms with E-state index in [1.807, 2.05) is 18.4 Å². The normalized spacial score (nSPS) is 15.0. The highest BCUT2D eigenvalue weighted by Gasteiger charge is 2.11. The fraction of sp³-hybridized carbons (Fsp3) is 0.500. The Morgan fingerprint density at radius 3 is 2.86 bits per heavy atom. The molecule has 2 unspecified atom stereocenters. The van der Waals surface area contributed by atoms with Gasteiger partial charge in [-0.05, 0) is 18.4 Å². The number of amides is 1. The monoisotopic (exact) mass is 212 g/mol. The lowest BCUT2D eigenvalue weighted by molar-refractivity contribution is -0.121. The Morgan fingerprint density at radius 2 is 2.36 bits per heavy atom. The molecule has 0 aliphatic heterocycles. The lowest BCUT2D eigenvalue weighted by Crippen LogP contribution is -2.32. The first-order valence-electron chi connectivity index (χ1n) is 4.67. The fourth-order valence-electron chi connectivity index (χ4n) is 1.09. The van der Waals surface area contributed by atoms with E-state index in [-0.39, 0.29) is 17.9 Å². The quantitative estimate of drug-likeness (QED) is 0.777. The highest BCUT2D eigenvalue weighted by Crippen LogP contribution is 2.17. The molecule has 1 rings (SSSR count). The summed E-state index contributed by atoms with van der Waals surface area (Å²) in [6.45, 7) is 4.55. The lowest BCUT2D eigenvalue weighted by Gasteiger charge is -2.14. The van der Waals surface area contributed by atoms with Gasteiger partial charge in [-0.3, -0.25) is 4.79 Å². The maximum Gasteiger partial charge on any atom is 0.221 e. The molecule has 4 heteroatoms. The van der Waals surface area contributed by atoms with Crippen LogP contribution in [-0.4, -0.2) is 12.5 Å². The first-order valence-corrected chi connectivity index (χ1v) is 5.55. The van der Waals surface area contributed by atoms with E-state index in [2.05, 4.69) is 18.3 Å². The molecule has 0 aliphatic carbocycles. The Balaban J connectivity index is 2.35. The summed E-state index contributed by atoms with van der Waals surface area (Å²) >= 11 is 1.71. The van der Waals surface area contributed by atoms with Gasteiger partial charge in [-0.15, -0.1) is 11.3 Å². The molecule has 0 aromatic carbocycles. The number of thiophene rings is 1. The largest absolute Gasteiger partial charge is 0.369 e. The maximum atomic E-state index is 10.8. The second-order valence-electron chi connectivity index (χ2n) is 3.45. The Hall–Kier alpha value is -0.870. The van der Waals surface area contributed by atoms with Gasteiger partial charge in [0, 0.05) is 23.4 Å². The van der Waals surface area contributed by atoms with E-state index in [0.717, 1.165) is 0 Å². The molecule has 0 saturated carbocycles. The van der Waals surface area contributed by atoms with Gasteiger partial charge in [-0.1, -0.05) is 13.0 Å². The van der Waals surface area contributed by atoms with Crippen molar-refractivity contribution in [3.05, 3.63) is 22.4 Å². The third-order valence-corrected chi connectivity index (χ3v) is 3.24. The number of hydrogen-bond donors (Lipinski definition) is 2. The van der Waals surface area contributed by atoms with Crippen molar-refractivity contribution in [2.45, 2.75) is 19.9 Å². The van der Waals surface area contributed by atoms with Gasteiger partial charge in [0.05, 0.1) is 0 Å². The minimum atomic E-state index is -0.254. The second-order valence-corrected chi connectivity index (χ2v) is 4.43. The Labute approximate surface area is 88.3 Å². The summed E-state index contributed by atoms with van der Waals surface area (Å²) in [5.74, 6) is -0.367. The molecule has 1 aromatic rings. The average molecular weight is 212 g/mol. The van der Waals surface area contributed by atoms with Crippen molar-refractivity contribution in [1.82, 2.24) is 5.32 Å². The first-order chi connectivity index (χ1) is 6.61. The summed E-state index contributed by atoms with van der Waals surface area (Å²) in [6.07, 6.45) is 0. The smallest absolute Gasteiger partial charge is 0.221 e. The minimum Gasteiger partial charge on any atom is -0.369 e. The summed E-state index contributed by atoms with van der Waals surface area (Å²) < 4.78 is 0. The fourth-order valence-corrected chi connectivity index (χ4v) is 1.85. The lowest BCUT2D eigenvalue weighted by atomic mass is 10.1. The first kappa shape index (κ1) is 11.2. The van der Waals surface area contributed by atoms with Gasteiger partial charge in [0.1, 0.15) is 0 Å². The van der Waals surface area contributed by atoms with Crippen LogP contribution in [0.25, 0.3) is 0 Å². The van der Waals surface area contributed by atoms with Crippen molar-refractivity contribution in [3.63, 3.8) is 0 Å². The number of nitrogens with two attached hydrogens (primary N) is 1. The maximum absolute atomic E-state index is 10.8. The molecule has 3 N–H and O–H groups in total. The van der Waals surface area contributed by atoms with Crippen LogP contribution in [0, 0.1) is 5.92 Å². The van der Waals surface area contributed by atoms with Crippen LogP contribution in [0.3, 0.4) is 0 Å². The summed E-state index contributed by atoms with van der Waals surface area (Å²) in [4.78, 5) is 12.1. The van der Waals surface area contributed by atoms with Crippen LogP contribution >= 0.6 is 11.3 Å². The standard InChI is InChI=1S/C10H16N2OS/c1-7(10(11)13)6-12-8(2)9-4-3-5-14-9/h3-5,7-8,12H,6H2,1-2H3,(H2,11,13). The summed E-state index contributed by atoms with van der Waals surface area (Å²) in [5, 5.41) is 5.32. The molecule has 14 heavy (non-hydrogen) atoms. The Bertz CT molecular complexity index is 284. The number of nitrogens with one attached hydrogen (secondary N) is 1. The van der Waals surface area contributed by atoms with Crippen molar-refractivity contribution in [3.8, 4) is 0 Å². The number of rotatable bonds is 5. The molecule has 1 aromatic heterocycles. The molecule has 78 valence electrons. The SMILES string of the molecule is CC(CNC(C)c1cccs1)C(N)=O. The van der Waals surface area contributed by atoms with Crippen molar-refractivity contribution in [2.75, 3.05) is 6.54 Å². The van der Waals surface area contributed by atoms with E-state index < -0.39 is 0 Å². The zero-order valence-electron chi connectivity index (χ0n) is 8.49. The molecular formula is C10H16N2OS. The topological polar surface area (TPSA) is 55.1 Å². The van der Waals surface area contributed by atoms with Gasteiger partial charge in [-0.25, -0.2) is 0 Å². The predicted octanol–water partition coefficient (Wildman–Crippen LogP) is 1.52.